The fraction of sp³-hybridized carbons (Fsp3) is 0.294. The van der Waals surface area contributed by atoms with Crippen LogP contribution in [0.25, 0.3) is 11.4 Å². The molecular weight excluding hydrogens is 324 g/mol. The lowest BCUT2D eigenvalue weighted by atomic mass is 10.2. The second kappa shape index (κ2) is 6.60. The smallest absolute Gasteiger partial charge is 0.212 e. The van der Waals surface area contributed by atoms with Gasteiger partial charge in [-0.2, -0.15) is 0 Å². The summed E-state index contributed by atoms with van der Waals surface area (Å²) in [5, 5.41) is 9.39. The van der Waals surface area contributed by atoms with E-state index >= 15 is 0 Å². The van der Waals surface area contributed by atoms with Gasteiger partial charge in [-0.1, -0.05) is 13.3 Å². The predicted octanol–water partition coefficient (Wildman–Crippen LogP) is 4.07. The van der Waals surface area contributed by atoms with E-state index in [2.05, 4.69) is 22.5 Å². The van der Waals surface area contributed by atoms with E-state index in [1.807, 2.05) is 41.1 Å². The van der Waals surface area contributed by atoms with Crippen molar-refractivity contribution in [3.05, 3.63) is 48.4 Å². The minimum atomic E-state index is 0.0147. The number of benzene rings is 1. The zero-order valence-corrected chi connectivity index (χ0v) is 14.1. The first kappa shape index (κ1) is 15.1. The summed E-state index contributed by atoms with van der Waals surface area (Å²) < 4.78 is 13.1. The van der Waals surface area contributed by atoms with E-state index in [1.54, 1.807) is 18.0 Å². The number of unbranched alkanes of at least 4 members (excludes halogenated alkanes) is 1. The van der Waals surface area contributed by atoms with Gasteiger partial charge in [0.15, 0.2) is 11.2 Å². The van der Waals surface area contributed by atoms with Gasteiger partial charge in [-0.15, -0.1) is 10.2 Å². The standard InChI is InChI=1S/C17H18N4O2S/c1-2-3-10-22-13-8-6-12(7-9-13)15-18-19-17-21(15)20-16(24-17)14-5-4-11-23-14/h4-9,11,16,20H,2-3,10H2,1H3/t16-/m1/s1. The lowest BCUT2D eigenvalue weighted by Gasteiger charge is -2.10. The highest BCUT2D eigenvalue weighted by Crippen LogP contribution is 2.40. The number of nitrogens with one attached hydrogen (secondary N) is 1. The molecule has 1 N–H and O–H groups in total. The molecule has 1 aliphatic heterocycles. The molecule has 0 amide bonds. The van der Waals surface area contributed by atoms with Crippen LogP contribution in [0, 0.1) is 0 Å². The van der Waals surface area contributed by atoms with Crippen LogP contribution in [0.4, 0.5) is 0 Å². The van der Waals surface area contributed by atoms with Crippen molar-refractivity contribution in [2.24, 2.45) is 0 Å². The average molecular weight is 342 g/mol. The molecule has 0 saturated carbocycles. The first-order chi connectivity index (χ1) is 11.8. The zero-order chi connectivity index (χ0) is 16.4. The molecule has 2 aromatic heterocycles. The SMILES string of the molecule is CCCCOc1ccc(-c2nnc3n2N[C@@H](c2ccco2)S3)cc1. The fourth-order valence-corrected chi connectivity index (χ4v) is 3.45. The lowest BCUT2D eigenvalue weighted by molar-refractivity contribution is 0.309. The molecule has 1 atom stereocenters. The maximum absolute atomic E-state index is 5.70. The van der Waals surface area contributed by atoms with Gasteiger partial charge < -0.3 is 14.6 Å². The first-order valence-corrected chi connectivity index (χ1v) is 8.88. The monoisotopic (exact) mass is 342 g/mol. The normalized spacial score (nSPS) is 16.0. The number of aromatic nitrogens is 3. The van der Waals surface area contributed by atoms with Crippen LogP contribution >= 0.6 is 11.8 Å². The molecule has 0 spiro atoms. The van der Waals surface area contributed by atoms with Crippen molar-refractivity contribution in [3.63, 3.8) is 0 Å². The van der Waals surface area contributed by atoms with Crippen LogP contribution in [-0.4, -0.2) is 21.5 Å². The van der Waals surface area contributed by atoms with Crippen molar-refractivity contribution in [3.8, 4) is 17.1 Å². The van der Waals surface area contributed by atoms with E-state index < -0.39 is 0 Å². The number of hydrogen-bond acceptors (Lipinski definition) is 6. The van der Waals surface area contributed by atoms with Crippen LogP contribution in [-0.2, 0) is 0 Å². The summed E-state index contributed by atoms with van der Waals surface area (Å²) >= 11 is 1.59. The second-order valence-corrected chi connectivity index (χ2v) is 6.58. The molecule has 7 heteroatoms. The maximum Gasteiger partial charge on any atom is 0.212 e. The molecule has 24 heavy (non-hydrogen) atoms. The van der Waals surface area contributed by atoms with E-state index in [4.69, 9.17) is 9.15 Å². The third-order valence-corrected chi connectivity index (χ3v) is 4.83. The Morgan fingerprint density at radius 1 is 1.25 bits per heavy atom. The Morgan fingerprint density at radius 2 is 2.12 bits per heavy atom. The summed E-state index contributed by atoms with van der Waals surface area (Å²) in [6.45, 7) is 2.90. The number of nitrogens with zero attached hydrogens (tertiary/aromatic N) is 3. The van der Waals surface area contributed by atoms with Gasteiger partial charge in [-0.25, -0.2) is 4.68 Å². The molecule has 0 radical (unpaired) electrons. The number of ether oxygens (including phenoxy) is 1. The Hall–Kier alpha value is -2.41. The van der Waals surface area contributed by atoms with Gasteiger partial charge in [-0.3, -0.25) is 0 Å². The van der Waals surface area contributed by atoms with Crippen LogP contribution in [0.1, 0.15) is 30.9 Å². The average Bonchev–Trinajstić information content (AvgIpc) is 3.32. The highest BCUT2D eigenvalue weighted by molar-refractivity contribution is 7.99. The maximum atomic E-state index is 5.70. The van der Waals surface area contributed by atoms with Gasteiger partial charge >= 0.3 is 0 Å². The second-order valence-electron chi connectivity index (χ2n) is 5.51. The molecule has 4 rings (SSSR count). The summed E-state index contributed by atoms with van der Waals surface area (Å²) in [5.74, 6) is 2.53. The van der Waals surface area contributed by atoms with E-state index in [9.17, 15) is 0 Å². The highest BCUT2D eigenvalue weighted by atomic mass is 32.2. The molecule has 1 aliphatic rings. The molecule has 3 heterocycles. The summed E-state index contributed by atoms with van der Waals surface area (Å²) in [5.41, 5.74) is 4.36. The van der Waals surface area contributed by atoms with Crippen LogP contribution in [0.15, 0.2) is 52.2 Å². The summed E-state index contributed by atoms with van der Waals surface area (Å²) in [7, 11) is 0. The lowest BCUT2D eigenvalue weighted by Crippen LogP contribution is -2.13. The summed E-state index contributed by atoms with van der Waals surface area (Å²) in [4.78, 5) is 0. The summed E-state index contributed by atoms with van der Waals surface area (Å²) in [6, 6.07) is 11.8. The van der Waals surface area contributed by atoms with Gasteiger partial charge in [0.1, 0.15) is 11.5 Å². The van der Waals surface area contributed by atoms with Crippen LogP contribution in [0.2, 0.25) is 0 Å². The number of hydrogen-bond donors (Lipinski definition) is 1. The predicted molar refractivity (Wildman–Crippen MR) is 92.5 cm³/mol. The summed E-state index contributed by atoms with van der Waals surface area (Å²) in [6.07, 6.45) is 3.87. The largest absolute Gasteiger partial charge is 0.494 e. The van der Waals surface area contributed by atoms with Crippen LogP contribution < -0.4 is 10.2 Å². The first-order valence-electron chi connectivity index (χ1n) is 8.00. The Kier molecular flexibility index (Phi) is 4.17. The van der Waals surface area contributed by atoms with Crippen LogP contribution in [0.5, 0.6) is 5.75 Å². The van der Waals surface area contributed by atoms with E-state index in [0.717, 1.165) is 47.5 Å². The van der Waals surface area contributed by atoms with Crippen molar-refractivity contribution >= 4 is 11.8 Å². The molecule has 6 nitrogen and oxygen atoms in total. The molecule has 3 aromatic rings. The third kappa shape index (κ3) is 2.87. The van der Waals surface area contributed by atoms with Crippen molar-refractivity contribution in [2.75, 3.05) is 12.0 Å². The zero-order valence-electron chi connectivity index (χ0n) is 13.3. The molecule has 124 valence electrons. The van der Waals surface area contributed by atoms with Gasteiger partial charge in [0.2, 0.25) is 5.16 Å². The Balaban J connectivity index is 1.51. The molecule has 1 aromatic carbocycles. The number of rotatable bonds is 6. The van der Waals surface area contributed by atoms with Crippen molar-refractivity contribution in [2.45, 2.75) is 30.3 Å². The molecule has 0 saturated heterocycles. The molecule has 0 fully saturated rings. The van der Waals surface area contributed by atoms with E-state index in [-0.39, 0.29) is 5.37 Å². The Bertz CT molecular complexity index is 799. The van der Waals surface area contributed by atoms with Crippen molar-refractivity contribution in [1.82, 2.24) is 14.9 Å². The quantitative estimate of drug-likeness (QED) is 0.681. The van der Waals surface area contributed by atoms with Gasteiger partial charge in [0.25, 0.3) is 0 Å². The van der Waals surface area contributed by atoms with Crippen molar-refractivity contribution in [1.29, 1.82) is 0 Å². The number of fused-ring (bicyclic) bond motifs is 1. The molecule has 0 aliphatic carbocycles. The van der Waals surface area contributed by atoms with Gasteiger partial charge in [-0.05, 0) is 54.6 Å². The molecular formula is C17H18N4O2S. The fourth-order valence-electron chi connectivity index (χ4n) is 2.50. The Morgan fingerprint density at radius 3 is 2.88 bits per heavy atom. The topological polar surface area (TPSA) is 65.1 Å². The minimum Gasteiger partial charge on any atom is -0.494 e. The minimum absolute atomic E-state index is 0.0147. The van der Waals surface area contributed by atoms with Gasteiger partial charge in [0, 0.05) is 5.56 Å². The van der Waals surface area contributed by atoms with Crippen LogP contribution in [0.3, 0.4) is 0 Å². The third-order valence-electron chi connectivity index (χ3n) is 3.78. The Labute approximate surface area is 144 Å². The molecule has 0 bridgehead atoms. The van der Waals surface area contributed by atoms with E-state index in [1.165, 1.54) is 0 Å². The van der Waals surface area contributed by atoms with Crippen molar-refractivity contribution < 1.29 is 9.15 Å². The molecule has 0 unspecified atom stereocenters. The highest BCUT2D eigenvalue weighted by Gasteiger charge is 2.29. The van der Waals surface area contributed by atoms with Gasteiger partial charge in [0.05, 0.1) is 12.9 Å². The number of furan rings is 1. The van der Waals surface area contributed by atoms with E-state index in [0.29, 0.717) is 0 Å². The number of thioether (sulfide) groups is 1.